The van der Waals surface area contributed by atoms with E-state index in [-0.39, 0.29) is 12.0 Å². The van der Waals surface area contributed by atoms with Crippen molar-refractivity contribution in [2.75, 3.05) is 6.54 Å². The van der Waals surface area contributed by atoms with Crippen LogP contribution in [0.25, 0.3) is 0 Å². The van der Waals surface area contributed by atoms with Crippen molar-refractivity contribution in [2.24, 2.45) is 0 Å². The third-order valence-corrected chi connectivity index (χ3v) is 3.13. The van der Waals surface area contributed by atoms with Crippen molar-refractivity contribution in [3.8, 4) is 0 Å². The third kappa shape index (κ3) is 5.12. The summed E-state index contributed by atoms with van der Waals surface area (Å²) < 4.78 is 0. The van der Waals surface area contributed by atoms with E-state index in [0.29, 0.717) is 6.54 Å². The predicted molar refractivity (Wildman–Crippen MR) is 75.8 cm³/mol. The van der Waals surface area contributed by atoms with Crippen LogP contribution in [0, 0.1) is 0 Å². The van der Waals surface area contributed by atoms with Crippen LogP contribution in [0.2, 0.25) is 0 Å². The first kappa shape index (κ1) is 15.2. The van der Waals surface area contributed by atoms with Gasteiger partial charge in [0.2, 0.25) is 0 Å². The van der Waals surface area contributed by atoms with Crippen molar-refractivity contribution in [2.45, 2.75) is 39.2 Å². The van der Waals surface area contributed by atoms with Crippen molar-refractivity contribution in [1.29, 1.82) is 0 Å². The lowest BCUT2D eigenvalue weighted by atomic mass is 10.0. The molecule has 0 saturated heterocycles. The van der Waals surface area contributed by atoms with E-state index in [1.54, 1.807) is 0 Å². The van der Waals surface area contributed by atoms with E-state index in [1.807, 2.05) is 51.1 Å². The van der Waals surface area contributed by atoms with E-state index in [4.69, 9.17) is 0 Å². The fourth-order valence-corrected chi connectivity index (χ4v) is 1.62. The molecule has 1 rings (SSSR count). The van der Waals surface area contributed by atoms with Crippen LogP contribution < -0.4 is 10.6 Å². The van der Waals surface area contributed by atoms with Gasteiger partial charge in [-0.05, 0) is 24.8 Å². The molecule has 0 spiro atoms. The van der Waals surface area contributed by atoms with Crippen LogP contribution in [0.15, 0.2) is 30.3 Å². The molecule has 0 aromatic heterocycles. The molecule has 2 atom stereocenters. The predicted octanol–water partition coefficient (Wildman–Crippen LogP) is 1.82. The number of carbonyl (C=O) groups is 2. The largest absolute Gasteiger partial charge is 0.347 e. The number of benzene rings is 1. The molecule has 0 unspecified atom stereocenters. The van der Waals surface area contributed by atoms with Crippen molar-refractivity contribution in [3.05, 3.63) is 35.9 Å². The highest BCUT2D eigenvalue weighted by atomic mass is 16.2. The van der Waals surface area contributed by atoms with E-state index in [9.17, 15) is 9.59 Å². The zero-order valence-corrected chi connectivity index (χ0v) is 11.8. The summed E-state index contributed by atoms with van der Waals surface area (Å²) in [5.41, 5.74) is 1.14. The van der Waals surface area contributed by atoms with Gasteiger partial charge in [-0.1, -0.05) is 44.2 Å². The molecule has 2 amide bonds. The number of hydrogen-bond acceptors (Lipinski definition) is 2. The molecule has 0 saturated carbocycles. The molecule has 1 aromatic carbocycles. The van der Waals surface area contributed by atoms with Gasteiger partial charge in [0, 0.05) is 12.6 Å². The van der Waals surface area contributed by atoms with Crippen LogP contribution in [0.5, 0.6) is 0 Å². The molecule has 0 aliphatic heterocycles. The summed E-state index contributed by atoms with van der Waals surface area (Å²) in [6.07, 6.45) is 0.805. The van der Waals surface area contributed by atoms with Gasteiger partial charge >= 0.3 is 11.8 Å². The van der Waals surface area contributed by atoms with Gasteiger partial charge < -0.3 is 10.6 Å². The Bertz CT molecular complexity index is 417. The van der Waals surface area contributed by atoms with Gasteiger partial charge in [-0.15, -0.1) is 0 Å². The van der Waals surface area contributed by atoms with Crippen molar-refractivity contribution in [3.63, 3.8) is 0 Å². The lowest BCUT2D eigenvalue weighted by molar-refractivity contribution is -0.139. The smallest absolute Gasteiger partial charge is 0.309 e. The number of rotatable bonds is 5. The van der Waals surface area contributed by atoms with Gasteiger partial charge in [0.15, 0.2) is 0 Å². The second-order valence-electron chi connectivity index (χ2n) is 4.80. The zero-order valence-electron chi connectivity index (χ0n) is 11.8. The van der Waals surface area contributed by atoms with Crippen molar-refractivity contribution in [1.82, 2.24) is 10.6 Å². The van der Waals surface area contributed by atoms with Crippen LogP contribution in [-0.2, 0) is 9.59 Å². The minimum absolute atomic E-state index is 0.0183. The fourth-order valence-electron chi connectivity index (χ4n) is 1.62. The Morgan fingerprint density at radius 1 is 1.11 bits per heavy atom. The van der Waals surface area contributed by atoms with E-state index in [1.165, 1.54) is 0 Å². The van der Waals surface area contributed by atoms with Gasteiger partial charge in [-0.3, -0.25) is 9.59 Å². The maximum atomic E-state index is 11.6. The topological polar surface area (TPSA) is 58.2 Å². The Morgan fingerprint density at radius 2 is 1.74 bits per heavy atom. The zero-order chi connectivity index (χ0) is 14.3. The molecule has 4 heteroatoms. The Morgan fingerprint density at radius 3 is 2.32 bits per heavy atom. The lowest BCUT2D eigenvalue weighted by Crippen LogP contribution is -2.44. The quantitative estimate of drug-likeness (QED) is 0.795. The first-order chi connectivity index (χ1) is 9.04. The van der Waals surface area contributed by atoms with Crippen molar-refractivity contribution < 1.29 is 9.59 Å². The van der Waals surface area contributed by atoms with Crippen LogP contribution in [0.4, 0.5) is 0 Å². The summed E-state index contributed by atoms with van der Waals surface area (Å²) in [5, 5.41) is 5.30. The SMILES string of the molecule is CC[C@H](C)NC(=O)C(=O)NC[C@@H](C)c1ccccc1. The lowest BCUT2D eigenvalue weighted by Gasteiger charge is -2.14. The van der Waals surface area contributed by atoms with Crippen LogP contribution in [0.1, 0.15) is 38.7 Å². The monoisotopic (exact) mass is 262 g/mol. The molecule has 0 radical (unpaired) electrons. The first-order valence-corrected chi connectivity index (χ1v) is 6.68. The summed E-state index contributed by atoms with van der Waals surface area (Å²) in [7, 11) is 0. The molecule has 0 fully saturated rings. The maximum absolute atomic E-state index is 11.6. The molecule has 0 aliphatic rings. The molecule has 0 heterocycles. The van der Waals surface area contributed by atoms with E-state index in [0.717, 1.165) is 12.0 Å². The van der Waals surface area contributed by atoms with Crippen LogP contribution in [-0.4, -0.2) is 24.4 Å². The number of amides is 2. The summed E-state index contributed by atoms with van der Waals surface area (Å²) in [4.78, 5) is 23.1. The molecule has 4 nitrogen and oxygen atoms in total. The molecular formula is C15H22N2O2. The summed E-state index contributed by atoms with van der Waals surface area (Å²) in [5.74, 6) is -0.945. The summed E-state index contributed by atoms with van der Waals surface area (Å²) in [6.45, 7) is 6.30. The molecular weight excluding hydrogens is 240 g/mol. The highest BCUT2D eigenvalue weighted by molar-refractivity contribution is 6.35. The van der Waals surface area contributed by atoms with Crippen molar-refractivity contribution >= 4 is 11.8 Å². The molecule has 1 aromatic rings. The van der Waals surface area contributed by atoms with E-state index < -0.39 is 11.8 Å². The highest BCUT2D eigenvalue weighted by Crippen LogP contribution is 2.12. The molecule has 104 valence electrons. The second-order valence-corrected chi connectivity index (χ2v) is 4.80. The van der Waals surface area contributed by atoms with Gasteiger partial charge in [-0.2, -0.15) is 0 Å². The molecule has 19 heavy (non-hydrogen) atoms. The first-order valence-electron chi connectivity index (χ1n) is 6.68. The summed E-state index contributed by atoms with van der Waals surface area (Å²) in [6, 6.07) is 9.91. The minimum atomic E-state index is -0.567. The number of carbonyl (C=O) groups excluding carboxylic acids is 2. The third-order valence-electron chi connectivity index (χ3n) is 3.13. The minimum Gasteiger partial charge on any atom is -0.347 e. The average Bonchev–Trinajstić information content (AvgIpc) is 2.44. The Labute approximate surface area is 114 Å². The standard InChI is InChI=1S/C15H22N2O2/c1-4-12(3)17-15(19)14(18)16-10-11(2)13-8-6-5-7-9-13/h5-9,11-12H,4,10H2,1-3H3,(H,16,18)(H,17,19)/t11-,12+/m1/s1. The van der Waals surface area contributed by atoms with Gasteiger partial charge in [0.1, 0.15) is 0 Å². The fraction of sp³-hybridized carbons (Fsp3) is 0.467. The van der Waals surface area contributed by atoms with Crippen LogP contribution in [0.3, 0.4) is 0 Å². The van der Waals surface area contributed by atoms with Gasteiger partial charge in [0.05, 0.1) is 0 Å². The second kappa shape index (κ2) is 7.56. The highest BCUT2D eigenvalue weighted by Gasteiger charge is 2.16. The average molecular weight is 262 g/mol. The number of nitrogens with one attached hydrogen (secondary N) is 2. The molecule has 0 bridgehead atoms. The molecule has 0 aliphatic carbocycles. The number of hydrogen-bond donors (Lipinski definition) is 2. The van der Waals surface area contributed by atoms with Gasteiger partial charge in [0.25, 0.3) is 0 Å². The Kier molecular flexibility index (Phi) is 6.06. The van der Waals surface area contributed by atoms with Gasteiger partial charge in [-0.25, -0.2) is 0 Å². The summed E-state index contributed by atoms with van der Waals surface area (Å²) >= 11 is 0. The Balaban J connectivity index is 2.40. The maximum Gasteiger partial charge on any atom is 0.309 e. The van der Waals surface area contributed by atoms with Crippen LogP contribution >= 0.6 is 0 Å². The Hall–Kier alpha value is -1.84. The molecule has 2 N–H and O–H groups in total. The normalized spacial score (nSPS) is 13.4. The van der Waals surface area contributed by atoms with E-state index >= 15 is 0 Å². The van der Waals surface area contributed by atoms with E-state index in [2.05, 4.69) is 10.6 Å².